The first-order valence-electron chi connectivity index (χ1n) is 9.17. The summed E-state index contributed by atoms with van der Waals surface area (Å²) < 4.78 is 11.1. The Morgan fingerprint density at radius 2 is 1.32 bits per heavy atom. The van der Waals surface area contributed by atoms with Crippen LogP contribution in [0.2, 0.25) is 0 Å². The summed E-state index contributed by atoms with van der Waals surface area (Å²) in [6.07, 6.45) is 0.149. The van der Waals surface area contributed by atoms with E-state index in [2.05, 4.69) is 11.8 Å². The number of hydrogen-bond acceptors (Lipinski definition) is 3. The first-order valence-corrected chi connectivity index (χ1v) is 9.17. The summed E-state index contributed by atoms with van der Waals surface area (Å²) in [6.45, 7) is 5.78. The molecule has 0 aromatic heterocycles. The van der Waals surface area contributed by atoms with E-state index >= 15 is 0 Å². The van der Waals surface area contributed by atoms with Gasteiger partial charge in [0, 0.05) is 5.56 Å². The van der Waals surface area contributed by atoms with Crippen LogP contribution in [0.3, 0.4) is 0 Å². The highest BCUT2D eigenvalue weighted by Crippen LogP contribution is 2.25. The molecule has 0 radical (unpaired) electrons. The second-order valence-corrected chi connectivity index (χ2v) is 6.56. The zero-order valence-electron chi connectivity index (χ0n) is 16.2. The smallest absolute Gasteiger partial charge is 0.343 e. The van der Waals surface area contributed by atoms with Crippen LogP contribution in [0.25, 0.3) is 11.1 Å². The van der Waals surface area contributed by atoms with Crippen molar-refractivity contribution < 1.29 is 14.3 Å². The minimum Gasteiger partial charge on any atom is -0.491 e. The number of carbonyl (C=O) groups excluding carboxylic acids is 1. The van der Waals surface area contributed by atoms with E-state index in [-0.39, 0.29) is 12.1 Å². The average Bonchev–Trinajstić information content (AvgIpc) is 2.69. The van der Waals surface area contributed by atoms with Crippen molar-refractivity contribution in [3.8, 4) is 34.5 Å². The van der Waals surface area contributed by atoms with Gasteiger partial charge >= 0.3 is 5.97 Å². The Bertz CT molecular complexity index is 987. The molecule has 28 heavy (non-hydrogen) atoms. The van der Waals surface area contributed by atoms with Crippen LogP contribution in [0.5, 0.6) is 11.5 Å². The van der Waals surface area contributed by atoms with Crippen molar-refractivity contribution in [2.75, 3.05) is 0 Å². The van der Waals surface area contributed by atoms with Crippen LogP contribution in [0.1, 0.15) is 36.7 Å². The van der Waals surface area contributed by atoms with Gasteiger partial charge in [0.25, 0.3) is 0 Å². The Morgan fingerprint density at radius 3 is 1.82 bits per heavy atom. The van der Waals surface area contributed by atoms with E-state index in [1.807, 2.05) is 62.4 Å². The van der Waals surface area contributed by atoms with E-state index in [4.69, 9.17) is 9.47 Å². The van der Waals surface area contributed by atoms with Crippen molar-refractivity contribution in [2.24, 2.45) is 0 Å². The highest BCUT2D eigenvalue weighted by Gasteiger charge is 2.09. The van der Waals surface area contributed by atoms with E-state index in [9.17, 15) is 4.79 Å². The molecule has 0 N–H and O–H groups in total. The van der Waals surface area contributed by atoms with Crippen LogP contribution in [-0.4, -0.2) is 12.1 Å². The third-order valence-corrected chi connectivity index (χ3v) is 4.01. The highest BCUT2D eigenvalue weighted by molar-refractivity contribution is 5.91. The van der Waals surface area contributed by atoms with Crippen LogP contribution < -0.4 is 9.47 Å². The third kappa shape index (κ3) is 5.02. The maximum Gasteiger partial charge on any atom is 0.343 e. The minimum absolute atomic E-state index is 0.149. The molecule has 3 aromatic rings. The molecule has 0 saturated carbocycles. The van der Waals surface area contributed by atoms with Crippen LogP contribution in [-0.2, 0) is 0 Å². The minimum atomic E-state index is -0.390. The molecule has 0 bridgehead atoms. The molecule has 3 heteroatoms. The molecule has 3 nitrogen and oxygen atoms in total. The lowest BCUT2D eigenvalue weighted by molar-refractivity contribution is 0.0735. The summed E-state index contributed by atoms with van der Waals surface area (Å²) in [5.41, 5.74) is 3.47. The Hall–Kier alpha value is -3.51. The monoisotopic (exact) mass is 370 g/mol. The van der Waals surface area contributed by atoms with Crippen LogP contribution in [0.15, 0.2) is 72.8 Å². The van der Waals surface area contributed by atoms with Crippen LogP contribution >= 0.6 is 0 Å². The fourth-order valence-electron chi connectivity index (χ4n) is 2.71. The second-order valence-electron chi connectivity index (χ2n) is 6.56. The fraction of sp³-hybridized carbons (Fsp3) is 0.160. The molecule has 0 aliphatic carbocycles. The number of hydrogen-bond donors (Lipinski definition) is 0. The fourth-order valence-corrected chi connectivity index (χ4v) is 2.71. The lowest BCUT2D eigenvalue weighted by atomic mass is 10.1. The molecular weight excluding hydrogens is 348 g/mol. The predicted molar refractivity (Wildman–Crippen MR) is 112 cm³/mol. The molecule has 0 spiro atoms. The van der Waals surface area contributed by atoms with Crippen molar-refractivity contribution in [1.29, 1.82) is 0 Å². The van der Waals surface area contributed by atoms with Crippen molar-refractivity contribution >= 4 is 5.97 Å². The zero-order valence-corrected chi connectivity index (χ0v) is 16.2. The highest BCUT2D eigenvalue weighted by atomic mass is 16.5. The van der Waals surface area contributed by atoms with E-state index in [1.54, 1.807) is 31.2 Å². The lowest BCUT2D eigenvalue weighted by Gasteiger charge is -2.10. The summed E-state index contributed by atoms with van der Waals surface area (Å²) in [5, 5.41) is 0. The van der Waals surface area contributed by atoms with E-state index in [0.717, 1.165) is 22.4 Å². The molecule has 0 aliphatic heterocycles. The van der Waals surface area contributed by atoms with E-state index < -0.39 is 0 Å². The molecule has 0 fully saturated rings. The van der Waals surface area contributed by atoms with Crippen molar-refractivity contribution in [3.63, 3.8) is 0 Å². The maximum atomic E-state index is 12.3. The Morgan fingerprint density at radius 1 is 0.786 bits per heavy atom. The quantitative estimate of drug-likeness (QED) is 0.327. The number of rotatable bonds is 5. The number of esters is 1. The molecule has 3 rings (SSSR count). The van der Waals surface area contributed by atoms with Gasteiger partial charge in [-0.3, -0.25) is 0 Å². The molecule has 0 unspecified atom stereocenters. The molecular formula is C25H22O3. The lowest BCUT2D eigenvalue weighted by Crippen LogP contribution is -2.08. The van der Waals surface area contributed by atoms with Gasteiger partial charge in [0.15, 0.2) is 0 Å². The molecule has 0 saturated heterocycles. The van der Waals surface area contributed by atoms with Gasteiger partial charge in [-0.25, -0.2) is 4.79 Å². The molecule has 140 valence electrons. The van der Waals surface area contributed by atoms with Gasteiger partial charge in [-0.2, -0.15) is 0 Å². The number of benzene rings is 3. The molecule has 3 aromatic carbocycles. The summed E-state index contributed by atoms with van der Waals surface area (Å²) in [5.74, 6) is 6.74. The summed E-state index contributed by atoms with van der Waals surface area (Å²) in [4.78, 5) is 12.3. The third-order valence-electron chi connectivity index (χ3n) is 4.01. The van der Waals surface area contributed by atoms with Crippen LogP contribution in [0.4, 0.5) is 0 Å². The van der Waals surface area contributed by atoms with Crippen molar-refractivity contribution in [3.05, 3.63) is 83.9 Å². The molecule has 0 aliphatic rings. The average molecular weight is 370 g/mol. The second kappa shape index (κ2) is 8.92. The zero-order chi connectivity index (χ0) is 19.9. The number of ether oxygens (including phenoxy) is 2. The van der Waals surface area contributed by atoms with Crippen molar-refractivity contribution in [2.45, 2.75) is 26.9 Å². The topological polar surface area (TPSA) is 35.5 Å². The van der Waals surface area contributed by atoms with Gasteiger partial charge < -0.3 is 9.47 Å². The summed E-state index contributed by atoms with van der Waals surface area (Å²) in [7, 11) is 0. The first-order chi connectivity index (χ1) is 13.5. The SMILES string of the molecule is CC#Cc1ccc(C(=O)Oc2ccc(-c3ccc(OC(C)C)cc3)cc2)cc1. The van der Waals surface area contributed by atoms with E-state index in [1.165, 1.54) is 0 Å². The normalized spacial score (nSPS) is 10.1. The van der Waals surface area contributed by atoms with Gasteiger partial charge in [-0.15, -0.1) is 5.92 Å². The molecule has 0 amide bonds. The van der Waals surface area contributed by atoms with Crippen LogP contribution in [0, 0.1) is 11.8 Å². The van der Waals surface area contributed by atoms with Gasteiger partial charge in [0.2, 0.25) is 0 Å². The standard InChI is InChI=1S/C25H22O3/c1-4-5-19-6-8-22(9-7-19)25(26)28-24-16-12-21(13-17-24)20-10-14-23(15-11-20)27-18(2)3/h6-18H,1-3H3. The Kier molecular flexibility index (Phi) is 6.14. The largest absolute Gasteiger partial charge is 0.491 e. The van der Waals surface area contributed by atoms with E-state index in [0.29, 0.717) is 11.3 Å². The van der Waals surface area contributed by atoms with Gasteiger partial charge in [-0.1, -0.05) is 30.2 Å². The molecule has 0 atom stereocenters. The van der Waals surface area contributed by atoms with Gasteiger partial charge in [0.05, 0.1) is 11.7 Å². The van der Waals surface area contributed by atoms with Gasteiger partial charge in [-0.05, 0) is 80.4 Å². The van der Waals surface area contributed by atoms with Gasteiger partial charge in [0.1, 0.15) is 11.5 Å². The Labute approximate surface area is 165 Å². The summed E-state index contributed by atoms with van der Waals surface area (Å²) in [6, 6.07) is 22.4. The first kappa shape index (κ1) is 19.3. The predicted octanol–water partition coefficient (Wildman–Crippen LogP) is 5.73. The van der Waals surface area contributed by atoms with Crippen molar-refractivity contribution in [1.82, 2.24) is 0 Å². The summed E-state index contributed by atoms with van der Waals surface area (Å²) >= 11 is 0. The number of carbonyl (C=O) groups is 1. The Balaban J connectivity index is 1.66. The molecule has 0 heterocycles. The maximum absolute atomic E-state index is 12.3.